The molecule has 0 spiro atoms. The van der Waals surface area contributed by atoms with Gasteiger partial charge in [-0.3, -0.25) is 14.3 Å². The molecule has 0 aliphatic carbocycles. The van der Waals surface area contributed by atoms with Crippen LogP contribution in [0.4, 0.5) is 0 Å². The van der Waals surface area contributed by atoms with E-state index in [-0.39, 0.29) is 5.91 Å². The van der Waals surface area contributed by atoms with Crippen LogP contribution in [0.3, 0.4) is 0 Å². The van der Waals surface area contributed by atoms with Crippen molar-refractivity contribution < 1.29 is 9.53 Å². The Morgan fingerprint density at radius 1 is 1.23 bits per heavy atom. The van der Waals surface area contributed by atoms with Gasteiger partial charge in [-0.25, -0.2) is 0 Å². The summed E-state index contributed by atoms with van der Waals surface area (Å²) in [5.74, 6) is 0.0807. The lowest BCUT2D eigenvalue weighted by molar-refractivity contribution is -0.0776. The third-order valence-corrected chi connectivity index (χ3v) is 5.34. The highest BCUT2D eigenvalue weighted by Crippen LogP contribution is 2.23. The van der Waals surface area contributed by atoms with Crippen LogP contribution in [0.2, 0.25) is 0 Å². The maximum Gasteiger partial charge on any atom is 0.254 e. The minimum Gasteiger partial charge on any atom is -0.378 e. The molecule has 2 fully saturated rings. The Balaban J connectivity index is 1.47. The van der Waals surface area contributed by atoms with E-state index >= 15 is 0 Å². The second-order valence-corrected chi connectivity index (χ2v) is 7.04. The molecular weight excluding hydrogens is 330 g/mol. The zero-order valence-corrected chi connectivity index (χ0v) is 15.1. The minimum absolute atomic E-state index is 0.0807. The van der Waals surface area contributed by atoms with Crippen molar-refractivity contribution >= 4 is 5.91 Å². The van der Waals surface area contributed by atoms with Gasteiger partial charge in [0.2, 0.25) is 0 Å². The van der Waals surface area contributed by atoms with Crippen LogP contribution in [0.1, 0.15) is 30.1 Å². The van der Waals surface area contributed by atoms with Gasteiger partial charge in [0.1, 0.15) is 12.7 Å². The summed E-state index contributed by atoms with van der Waals surface area (Å²) < 4.78 is 7.61. The number of carbonyl (C=O) groups excluding carboxylic acids is 1. The normalized spacial score (nSPS) is 23.7. The van der Waals surface area contributed by atoms with Crippen molar-refractivity contribution in [1.29, 1.82) is 0 Å². The first-order valence-corrected chi connectivity index (χ1v) is 9.34. The fourth-order valence-electron chi connectivity index (χ4n) is 4.02. The van der Waals surface area contributed by atoms with Crippen LogP contribution in [0.5, 0.6) is 0 Å². The van der Waals surface area contributed by atoms with E-state index in [1.165, 1.54) is 0 Å². The van der Waals surface area contributed by atoms with Crippen molar-refractivity contribution in [2.75, 3.05) is 32.8 Å². The Hall–Kier alpha value is -2.25. The average molecular weight is 355 g/mol. The first-order valence-electron chi connectivity index (χ1n) is 9.34. The number of benzene rings is 1. The van der Waals surface area contributed by atoms with Crippen LogP contribution in [-0.2, 0) is 4.74 Å². The van der Waals surface area contributed by atoms with E-state index in [0.717, 1.165) is 44.8 Å². The van der Waals surface area contributed by atoms with Crippen molar-refractivity contribution in [2.45, 2.75) is 31.8 Å². The maximum absolute atomic E-state index is 13.0. The lowest BCUT2D eigenvalue weighted by Crippen LogP contribution is -2.62. The zero-order valence-electron chi connectivity index (χ0n) is 15.1. The number of nitrogens with zero attached hydrogens (tertiary/aromatic N) is 5. The smallest absolute Gasteiger partial charge is 0.254 e. The molecule has 0 bridgehead atoms. The molecule has 0 radical (unpaired) electrons. The first kappa shape index (κ1) is 17.2. The molecule has 7 nitrogen and oxygen atoms in total. The summed E-state index contributed by atoms with van der Waals surface area (Å²) in [7, 11) is 0. The molecule has 2 aliphatic heterocycles. The van der Waals surface area contributed by atoms with Crippen molar-refractivity contribution in [2.24, 2.45) is 0 Å². The lowest BCUT2D eigenvalue weighted by atomic mass is 10.0. The summed E-state index contributed by atoms with van der Waals surface area (Å²) in [6, 6.07) is 8.42. The molecule has 2 aromatic rings. The van der Waals surface area contributed by atoms with Gasteiger partial charge in [-0.05, 0) is 24.6 Å². The molecular formula is C19H25N5O2. The van der Waals surface area contributed by atoms with Crippen LogP contribution in [-0.4, -0.2) is 75.4 Å². The number of hydrogen-bond donors (Lipinski definition) is 0. The van der Waals surface area contributed by atoms with Gasteiger partial charge in [0.05, 0.1) is 19.3 Å². The molecule has 26 heavy (non-hydrogen) atoms. The Morgan fingerprint density at radius 2 is 2.08 bits per heavy atom. The number of aromatic nitrogens is 3. The van der Waals surface area contributed by atoms with Crippen molar-refractivity contribution in [1.82, 2.24) is 24.6 Å². The van der Waals surface area contributed by atoms with Gasteiger partial charge in [0, 0.05) is 36.9 Å². The number of fused-ring (bicyclic) bond motifs is 1. The molecule has 7 heteroatoms. The van der Waals surface area contributed by atoms with Crippen LogP contribution in [0, 0.1) is 0 Å². The molecule has 1 aromatic heterocycles. The molecule has 2 saturated heterocycles. The number of carbonyl (C=O) groups is 1. The fraction of sp³-hybridized carbons (Fsp3) is 0.526. The summed E-state index contributed by atoms with van der Waals surface area (Å²) in [4.78, 5) is 17.5. The van der Waals surface area contributed by atoms with E-state index in [1.807, 2.05) is 29.2 Å². The highest BCUT2D eigenvalue weighted by molar-refractivity contribution is 5.94. The van der Waals surface area contributed by atoms with Crippen molar-refractivity contribution in [3.63, 3.8) is 0 Å². The fourth-order valence-corrected chi connectivity index (χ4v) is 4.02. The van der Waals surface area contributed by atoms with Gasteiger partial charge in [0.25, 0.3) is 5.91 Å². The van der Waals surface area contributed by atoms with Crippen molar-refractivity contribution in [3.05, 3.63) is 42.5 Å². The SMILES string of the molecule is CCC[C@H]1COC[C@H]2CN(C(=O)c3cccc(-n4cnnc4)c3)CCN12. The first-order chi connectivity index (χ1) is 12.8. The minimum atomic E-state index is 0.0807. The van der Waals surface area contributed by atoms with Gasteiger partial charge in [0.15, 0.2) is 0 Å². The molecule has 1 amide bonds. The highest BCUT2D eigenvalue weighted by atomic mass is 16.5. The second kappa shape index (κ2) is 7.55. The van der Waals surface area contributed by atoms with Crippen molar-refractivity contribution in [3.8, 4) is 5.69 Å². The summed E-state index contributed by atoms with van der Waals surface area (Å²) >= 11 is 0. The molecule has 2 aliphatic rings. The third-order valence-electron chi connectivity index (χ3n) is 5.34. The second-order valence-electron chi connectivity index (χ2n) is 7.04. The summed E-state index contributed by atoms with van der Waals surface area (Å²) in [5, 5.41) is 7.66. The Kier molecular flexibility index (Phi) is 4.99. The molecule has 138 valence electrons. The number of ether oxygens (including phenoxy) is 1. The Bertz CT molecular complexity index is 746. The Labute approximate surface area is 153 Å². The van der Waals surface area contributed by atoms with E-state index in [1.54, 1.807) is 17.2 Å². The topological polar surface area (TPSA) is 63.5 Å². The quantitative estimate of drug-likeness (QED) is 0.833. The number of piperazine rings is 1. The predicted molar refractivity (Wildman–Crippen MR) is 97.3 cm³/mol. The highest BCUT2D eigenvalue weighted by Gasteiger charge is 2.36. The van der Waals surface area contributed by atoms with Crippen LogP contribution < -0.4 is 0 Å². The molecule has 4 rings (SSSR count). The number of morpholine rings is 1. The van der Waals surface area contributed by atoms with Gasteiger partial charge < -0.3 is 9.64 Å². The standard InChI is InChI=1S/C19H25N5O2/c1-2-4-17-11-26-12-18-10-22(7-8-24(17)18)19(25)15-5-3-6-16(9-15)23-13-20-21-14-23/h3,5-6,9,13-14,17-18H,2,4,7-8,10-12H2,1H3/t17-,18+/m0/s1. The van der Waals surface area contributed by atoms with Gasteiger partial charge in [-0.15, -0.1) is 10.2 Å². The summed E-state index contributed by atoms with van der Waals surface area (Å²) in [6.45, 7) is 6.17. The van der Waals surface area contributed by atoms with E-state index < -0.39 is 0 Å². The van der Waals surface area contributed by atoms with Crippen LogP contribution in [0.25, 0.3) is 5.69 Å². The number of rotatable bonds is 4. The monoisotopic (exact) mass is 355 g/mol. The average Bonchev–Trinajstić information content (AvgIpc) is 3.22. The Morgan fingerprint density at radius 3 is 2.88 bits per heavy atom. The zero-order chi connectivity index (χ0) is 17.9. The third kappa shape index (κ3) is 3.37. The van der Waals surface area contributed by atoms with Gasteiger partial charge >= 0.3 is 0 Å². The lowest BCUT2D eigenvalue weighted by Gasteiger charge is -2.48. The molecule has 3 heterocycles. The van der Waals surface area contributed by atoms with E-state index in [2.05, 4.69) is 22.0 Å². The summed E-state index contributed by atoms with van der Waals surface area (Å²) in [6.07, 6.45) is 5.59. The molecule has 0 saturated carbocycles. The number of amides is 1. The van der Waals surface area contributed by atoms with E-state index in [0.29, 0.717) is 24.3 Å². The molecule has 1 aromatic carbocycles. The maximum atomic E-state index is 13.0. The van der Waals surface area contributed by atoms with E-state index in [4.69, 9.17) is 4.74 Å². The predicted octanol–water partition coefficient (Wildman–Crippen LogP) is 1.59. The largest absolute Gasteiger partial charge is 0.378 e. The molecule has 2 atom stereocenters. The number of hydrogen-bond acceptors (Lipinski definition) is 5. The molecule has 0 unspecified atom stereocenters. The van der Waals surface area contributed by atoms with Crippen LogP contribution >= 0.6 is 0 Å². The molecule has 0 N–H and O–H groups in total. The van der Waals surface area contributed by atoms with Gasteiger partial charge in [-0.2, -0.15) is 0 Å². The van der Waals surface area contributed by atoms with Crippen LogP contribution in [0.15, 0.2) is 36.9 Å². The van der Waals surface area contributed by atoms with E-state index in [9.17, 15) is 4.79 Å². The summed E-state index contributed by atoms with van der Waals surface area (Å²) in [5.41, 5.74) is 1.59. The van der Waals surface area contributed by atoms with Gasteiger partial charge in [-0.1, -0.05) is 19.4 Å².